The second kappa shape index (κ2) is 7.80. The first-order chi connectivity index (χ1) is 13.8. The molecule has 1 amide bonds. The van der Waals surface area contributed by atoms with Crippen LogP contribution in [0.2, 0.25) is 5.02 Å². The Kier molecular flexibility index (Phi) is 5.36. The molecule has 1 aliphatic carbocycles. The number of hydrogen-bond acceptors (Lipinski definition) is 4. The van der Waals surface area contributed by atoms with Gasteiger partial charge in [-0.3, -0.25) is 4.79 Å². The summed E-state index contributed by atoms with van der Waals surface area (Å²) in [5, 5.41) is 3.78. The third kappa shape index (κ3) is 4.62. The lowest BCUT2D eigenvalue weighted by molar-refractivity contribution is -0.123. The number of imidazole rings is 1. The van der Waals surface area contributed by atoms with Gasteiger partial charge in [0.15, 0.2) is 9.84 Å². The van der Waals surface area contributed by atoms with Gasteiger partial charge in [-0.1, -0.05) is 35.9 Å². The lowest BCUT2D eigenvalue weighted by Crippen LogP contribution is -2.44. The molecule has 29 heavy (non-hydrogen) atoms. The molecule has 0 radical (unpaired) electrons. The number of nitrogens with one attached hydrogen (secondary N) is 1. The van der Waals surface area contributed by atoms with Crippen LogP contribution in [-0.2, 0) is 26.9 Å². The molecule has 8 heteroatoms. The van der Waals surface area contributed by atoms with Crippen molar-refractivity contribution in [3.8, 4) is 0 Å². The number of aromatic nitrogens is 2. The van der Waals surface area contributed by atoms with Gasteiger partial charge in [0, 0.05) is 17.3 Å². The summed E-state index contributed by atoms with van der Waals surface area (Å²) in [6, 6.07) is 15.3. The number of para-hydroxylation sites is 2. The SMILES string of the molecule is CS(=O)(=O)Cc1nc2ccccc2n1CC(=O)NC1CC(c2ccc(Cl)cc2)C1. The summed E-state index contributed by atoms with van der Waals surface area (Å²) in [4.78, 5) is 17.1. The van der Waals surface area contributed by atoms with E-state index in [0.29, 0.717) is 17.3 Å². The van der Waals surface area contributed by atoms with Gasteiger partial charge in [0.05, 0.1) is 11.0 Å². The van der Waals surface area contributed by atoms with Crippen molar-refractivity contribution >= 4 is 38.4 Å². The van der Waals surface area contributed by atoms with Crippen molar-refractivity contribution in [2.75, 3.05) is 6.26 Å². The summed E-state index contributed by atoms with van der Waals surface area (Å²) in [5.41, 5.74) is 2.68. The predicted molar refractivity (Wildman–Crippen MR) is 114 cm³/mol. The van der Waals surface area contributed by atoms with Gasteiger partial charge in [0.25, 0.3) is 0 Å². The molecule has 4 rings (SSSR count). The van der Waals surface area contributed by atoms with Gasteiger partial charge in [-0.2, -0.15) is 0 Å². The molecule has 6 nitrogen and oxygen atoms in total. The number of halogens is 1. The van der Waals surface area contributed by atoms with Crippen LogP contribution in [0.4, 0.5) is 0 Å². The normalized spacial score (nSPS) is 19.1. The van der Waals surface area contributed by atoms with Crippen LogP contribution in [0.25, 0.3) is 11.0 Å². The monoisotopic (exact) mass is 431 g/mol. The highest BCUT2D eigenvalue weighted by Crippen LogP contribution is 2.37. The molecule has 1 saturated carbocycles. The number of fused-ring (bicyclic) bond motifs is 1. The van der Waals surface area contributed by atoms with E-state index in [1.807, 2.05) is 48.5 Å². The highest BCUT2D eigenvalue weighted by atomic mass is 35.5. The number of nitrogens with zero attached hydrogens (tertiary/aromatic N) is 2. The largest absolute Gasteiger partial charge is 0.352 e. The molecule has 2 aromatic carbocycles. The third-order valence-corrected chi connectivity index (χ3v) is 6.31. The molecule has 152 valence electrons. The molecule has 0 atom stereocenters. The molecule has 3 aromatic rings. The highest BCUT2D eigenvalue weighted by molar-refractivity contribution is 7.89. The van der Waals surface area contributed by atoms with E-state index in [0.717, 1.165) is 23.4 Å². The Morgan fingerprint density at radius 2 is 1.86 bits per heavy atom. The summed E-state index contributed by atoms with van der Waals surface area (Å²) in [5.74, 6) is 0.475. The molecule has 0 aliphatic heterocycles. The zero-order chi connectivity index (χ0) is 20.6. The number of sulfone groups is 1. The maximum Gasteiger partial charge on any atom is 0.240 e. The topological polar surface area (TPSA) is 81.1 Å². The molecule has 0 unspecified atom stereocenters. The molecular weight excluding hydrogens is 410 g/mol. The second-order valence-electron chi connectivity index (χ2n) is 7.66. The minimum Gasteiger partial charge on any atom is -0.352 e. The van der Waals surface area contributed by atoms with E-state index in [1.54, 1.807) is 4.57 Å². The van der Waals surface area contributed by atoms with Crippen molar-refractivity contribution in [3.63, 3.8) is 0 Å². The van der Waals surface area contributed by atoms with Crippen LogP contribution in [0, 0.1) is 0 Å². The van der Waals surface area contributed by atoms with E-state index in [-0.39, 0.29) is 24.2 Å². The quantitative estimate of drug-likeness (QED) is 0.649. The molecule has 0 spiro atoms. The van der Waals surface area contributed by atoms with Crippen molar-refractivity contribution < 1.29 is 13.2 Å². The fraction of sp³-hybridized carbons (Fsp3) is 0.333. The van der Waals surface area contributed by atoms with E-state index in [9.17, 15) is 13.2 Å². The van der Waals surface area contributed by atoms with Gasteiger partial charge >= 0.3 is 0 Å². The lowest BCUT2D eigenvalue weighted by Gasteiger charge is -2.36. The first-order valence-electron chi connectivity index (χ1n) is 9.45. The summed E-state index contributed by atoms with van der Waals surface area (Å²) in [6.45, 7) is 0.0491. The average molecular weight is 432 g/mol. The first kappa shape index (κ1) is 19.9. The van der Waals surface area contributed by atoms with Crippen LogP contribution < -0.4 is 5.32 Å². The Balaban J connectivity index is 1.43. The molecule has 0 saturated heterocycles. The zero-order valence-corrected chi connectivity index (χ0v) is 17.6. The number of carbonyl (C=O) groups excluding carboxylic acids is 1. The van der Waals surface area contributed by atoms with E-state index in [2.05, 4.69) is 10.3 Å². The van der Waals surface area contributed by atoms with Crippen molar-refractivity contribution in [2.45, 2.75) is 37.1 Å². The van der Waals surface area contributed by atoms with Crippen LogP contribution in [0.3, 0.4) is 0 Å². The van der Waals surface area contributed by atoms with Crippen LogP contribution in [-0.4, -0.2) is 36.2 Å². The lowest BCUT2D eigenvalue weighted by atomic mass is 9.76. The Morgan fingerprint density at radius 1 is 1.17 bits per heavy atom. The van der Waals surface area contributed by atoms with Gasteiger partial charge in [0.1, 0.15) is 18.1 Å². The first-order valence-corrected chi connectivity index (χ1v) is 11.9. The Hall–Kier alpha value is -2.38. The molecule has 1 heterocycles. The van der Waals surface area contributed by atoms with E-state index < -0.39 is 9.84 Å². The zero-order valence-electron chi connectivity index (χ0n) is 16.0. The summed E-state index contributed by atoms with van der Waals surface area (Å²) >= 11 is 5.93. The standard InChI is InChI=1S/C21H22ClN3O3S/c1-29(27,28)13-20-24-18-4-2-3-5-19(18)25(20)12-21(26)23-17-10-15(11-17)14-6-8-16(22)9-7-14/h2-9,15,17H,10-13H2,1H3,(H,23,26). The van der Waals surface area contributed by atoms with Gasteiger partial charge < -0.3 is 9.88 Å². The summed E-state index contributed by atoms with van der Waals surface area (Å²) < 4.78 is 25.3. The fourth-order valence-corrected chi connectivity index (χ4v) is 4.62. The summed E-state index contributed by atoms with van der Waals surface area (Å²) in [7, 11) is -3.27. The number of benzene rings is 2. The number of rotatable bonds is 6. The number of amides is 1. The molecule has 1 aliphatic rings. The van der Waals surface area contributed by atoms with Crippen LogP contribution in [0.1, 0.15) is 30.1 Å². The van der Waals surface area contributed by atoms with Crippen LogP contribution in [0.5, 0.6) is 0 Å². The van der Waals surface area contributed by atoms with E-state index in [4.69, 9.17) is 11.6 Å². The third-order valence-electron chi connectivity index (χ3n) is 5.27. The summed E-state index contributed by atoms with van der Waals surface area (Å²) in [6.07, 6.45) is 2.94. The van der Waals surface area contributed by atoms with E-state index >= 15 is 0 Å². The Bertz CT molecular complexity index is 1150. The molecular formula is C21H22ClN3O3S. The maximum absolute atomic E-state index is 12.6. The number of hydrogen-bond donors (Lipinski definition) is 1. The van der Waals surface area contributed by atoms with E-state index in [1.165, 1.54) is 11.8 Å². The molecule has 1 N–H and O–H groups in total. The van der Waals surface area contributed by atoms with Gasteiger partial charge in [-0.25, -0.2) is 13.4 Å². The highest BCUT2D eigenvalue weighted by Gasteiger charge is 2.31. The van der Waals surface area contributed by atoms with Crippen molar-refractivity contribution in [3.05, 3.63) is 64.9 Å². The second-order valence-corrected chi connectivity index (χ2v) is 10.2. The minimum atomic E-state index is -3.27. The minimum absolute atomic E-state index is 0.0491. The van der Waals surface area contributed by atoms with Gasteiger partial charge in [-0.05, 0) is 48.6 Å². The fourth-order valence-electron chi connectivity index (χ4n) is 3.81. The van der Waals surface area contributed by atoms with Crippen LogP contribution in [0.15, 0.2) is 48.5 Å². The molecule has 1 fully saturated rings. The van der Waals surface area contributed by atoms with Crippen molar-refractivity contribution in [1.29, 1.82) is 0 Å². The number of carbonyl (C=O) groups is 1. The predicted octanol–water partition coefficient (Wildman–Crippen LogP) is 3.30. The van der Waals surface area contributed by atoms with Crippen molar-refractivity contribution in [1.82, 2.24) is 14.9 Å². The Morgan fingerprint density at radius 3 is 2.55 bits per heavy atom. The van der Waals surface area contributed by atoms with Gasteiger partial charge in [-0.15, -0.1) is 0 Å². The Labute approximate surface area is 174 Å². The van der Waals surface area contributed by atoms with Gasteiger partial charge in [0.2, 0.25) is 5.91 Å². The smallest absolute Gasteiger partial charge is 0.240 e. The molecule has 0 bridgehead atoms. The van der Waals surface area contributed by atoms with Crippen molar-refractivity contribution in [2.24, 2.45) is 0 Å². The molecule has 1 aromatic heterocycles. The van der Waals surface area contributed by atoms with Crippen LogP contribution >= 0.6 is 11.6 Å². The average Bonchev–Trinajstić information content (AvgIpc) is 2.94. The maximum atomic E-state index is 12.6.